The van der Waals surface area contributed by atoms with Gasteiger partial charge in [0.2, 0.25) is 0 Å². The van der Waals surface area contributed by atoms with Gasteiger partial charge in [0.15, 0.2) is 0 Å². The molecule has 104 valence electrons. The number of nitro benzene ring substituents is 1. The Morgan fingerprint density at radius 3 is 2.90 bits per heavy atom. The standard InChI is InChI=1S/C13H11FIN3O2/c1-8-3-2-4-16-12(8)7-17-11-5-9(14)10(15)6-13(11)18(19)20/h2-6,17H,7H2,1H3. The number of aryl methyl sites for hydroxylation is 1. The van der Waals surface area contributed by atoms with Gasteiger partial charge in [-0.2, -0.15) is 0 Å². The number of pyridine rings is 1. The van der Waals surface area contributed by atoms with E-state index in [2.05, 4.69) is 10.3 Å². The zero-order valence-electron chi connectivity index (χ0n) is 10.6. The highest BCUT2D eigenvalue weighted by atomic mass is 127. The molecule has 0 atom stereocenters. The molecule has 7 heteroatoms. The number of benzene rings is 1. The second-order valence-electron chi connectivity index (χ2n) is 4.16. The third-order valence-corrected chi connectivity index (χ3v) is 3.63. The van der Waals surface area contributed by atoms with Crippen molar-refractivity contribution in [3.63, 3.8) is 0 Å². The predicted molar refractivity (Wildman–Crippen MR) is 82.1 cm³/mol. The third kappa shape index (κ3) is 3.21. The molecule has 0 aliphatic carbocycles. The van der Waals surface area contributed by atoms with E-state index in [1.54, 1.807) is 28.8 Å². The largest absolute Gasteiger partial charge is 0.374 e. The van der Waals surface area contributed by atoms with Crippen LogP contribution in [0.1, 0.15) is 11.3 Å². The summed E-state index contributed by atoms with van der Waals surface area (Å²) in [5, 5.41) is 13.9. The summed E-state index contributed by atoms with van der Waals surface area (Å²) in [7, 11) is 0. The highest BCUT2D eigenvalue weighted by molar-refractivity contribution is 14.1. The van der Waals surface area contributed by atoms with Gasteiger partial charge < -0.3 is 5.32 Å². The van der Waals surface area contributed by atoms with Gasteiger partial charge >= 0.3 is 0 Å². The molecule has 2 aromatic rings. The fraction of sp³-hybridized carbons (Fsp3) is 0.154. The van der Waals surface area contributed by atoms with Crippen LogP contribution in [0.2, 0.25) is 0 Å². The van der Waals surface area contributed by atoms with Crippen LogP contribution in [-0.2, 0) is 6.54 Å². The summed E-state index contributed by atoms with van der Waals surface area (Å²) in [6.45, 7) is 2.19. The van der Waals surface area contributed by atoms with E-state index in [-0.39, 0.29) is 14.9 Å². The number of nitro groups is 1. The third-order valence-electron chi connectivity index (χ3n) is 2.80. The number of rotatable bonds is 4. The van der Waals surface area contributed by atoms with Gasteiger partial charge in [-0.25, -0.2) is 4.39 Å². The van der Waals surface area contributed by atoms with E-state index in [1.807, 2.05) is 19.1 Å². The van der Waals surface area contributed by atoms with Gasteiger partial charge in [0.1, 0.15) is 11.5 Å². The van der Waals surface area contributed by atoms with Crippen LogP contribution in [0.15, 0.2) is 30.5 Å². The number of nitrogens with zero attached hydrogens (tertiary/aromatic N) is 2. The molecule has 5 nitrogen and oxygen atoms in total. The van der Waals surface area contributed by atoms with Crippen LogP contribution in [0.25, 0.3) is 0 Å². The van der Waals surface area contributed by atoms with Crippen molar-refractivity contribution in [2.75, 3.05) is 5.32 Å². The molecule has 0 saturated heterocycles. The molecule has 0 unspecified atom stereocenters. The first-order valence-corrected chi connectivity index (χ1v) is 6.84. The Morgan fingerprint density at radius 2 is 2.25 bits per heavy atom. The predicted octanol–water partition coefficient (Wildman–Crippen LogP) is 3.65. The summed E-state index contributed by atoms with van der Waals surface area (Å²) in [4.78, 5) is 14.6. The minimum Gasteiger partial charge on any atom is -0.374 e. The number of hydrogen-bond donors (Lipinski definition) is 1. The van der Waals surface area contributed by atoms with Crippen molar-refractivity contribution >= 4 is 34.0 Å². The van der Waals surface area contributed by atoms with Crippen molar-refractivity contribution < 1.29 is 9.31 Å². The Balaban J connectivity index is 2.27. The second-order valence-corrected chi connectivity index (χ2v) is 5.32. The average Bonchev–Trinajstić information content (AvgIpc) is 2.41. The van der Waals surface area contributed by atoms with Crippen LogP contribution in [0.4, 0.5) is 15.8 Å². The Labute approximate surface area is 128 Å². The molecule has 0 radical (unpaired) electrons. The summed E-state index contributed by atoms with van der Waals surface area (Å²) in [6.07, 6.45) is 1.65. The lowest BCUT2D eigenvalue weighted by Crippen LogP contribution is -2.06. The fourth-order valence-corrected chi connectivity index (χ4v) is 2.16. The van der Waals surface area contributed by atoms with Gasteiger partial charge in [0, 0.05) is 18.3 Å². The number of aromatic nitrogens is 1. The van der Waals surface area contributed by atoms with E-state index in [0.29, 0.717) is 6.54 Å². The van der Waals surface area contributed by atoms with Crippen LogP contribution >= 0.6 is 22.6 Å². The molecule has 0 bridgehead atoms. The topological polar surface area (TPSA) is 68.1 Å². The van der Waals surface area contributed by atoms with Crippen LogP contribution in [0.3, 0.4) is 0 Å². The van der Waals surface area contributed by atoms with Gasteiger partial charge in [0.05, 0.1) is 20.7 Å². The Morgan fingerprint density at radius 1 is 1.50 bits per heavy atom. The zero-order valence-corrected chi connectivity index (χ0v) is 12.7. The SMILES string of the molecule is Cc1cccnc1CNc1cc(F)c(I)cc1[N+](=O)[O-]. The van der Waals surface area contributed by atoms with Gasteiger partial charge in [-0.3, -0.25) is 15.1 Å². The molecule has 0 amide bonds. The monoisotopic (exact) mass is 387 g/mol. The van der Waals surface area contributed by atoms with Gasteiger partial charge in [-0.05, 0) is 41.1 Å². The number of hydrogen-bond acceptors (Lipinski definition) is 4. The Hall–Kier alpha value is -1.77. The first-order chi connectivity index (χ1) is 9.49. The van der Waals surface area contributed by atoms with E-state index in [1.165, 1.54) is 6.07 Å². The lowest BCUT2D eigenvalue weighted by molar-refractivity contribution is -0.384. The smallest absolute Gasteiger partial charge is 0.293 e. The van der Waals surface area contributed by atoms with E-state index in [0.717, 1.165) is 17.3 Å². The molecule has 1 heterocycles. The maximum atomic E-state index is 13.5. The molecule has 0 aliphatic rings. The first-order valence-electron chi connectivity index (χ1n) is 5.77. The normalized spacial score (nSPS) is 10.3. The molecule has 2 rings (SSSR count). The first kappa shape index (κ1) is 14.6. The van der Waals surface area contributed by atoms with Gasteiger partial charge in [-0.1, -0.05) is 6.07 Å². The Kier molecular flexibility index (Phi) is 4.48. The van der Waals surface area contributed by atoms with Crippen LogP contribution in [0, 0.1) is 26.4 Å². The lowest BCUT2D eigenvalue weighted by Gasteiger charge is -2.09. The maximum Gasteiger partial charge on any atom is 0.293 e. The van der Waals surface area contributed by atoms with Crippen LogP contribution < -0.4 is 5.32 Å². The van der Waals surface area contributed by atoms with Gasteiger partial charge in [0.25, 0.3) is 5.69 Å². The summed E-state index contributed by atoms with van der Waals surface area (Å²) in [5.41, 5.74) is 1.73. The van der Waals surface area contributed by atoms with E-state index < -0.39 is 10.7 Å². The zero-order chi connectivity index (χ0) is 14.7. The van der Waals surface area contributed by atoms with Crippen molar-refractivity contribution in [2.45, 2.75) is 13.5 Å². The van der Waals surface area contributed by atoms with E-state index in [4.69, 9.17) is 0 Å². The molecule has 1 aromatic heterocycles. The summed E-state index contributed by atoms with van der Waals surface area (Å²) < 4.78 is 13.8. The molecular formula is C13H11FIN3O2. The van der Waals surface area contributed by atoms with Crippen molar-refractivity contribution in [2.24, 2.45) is 0 Å². The summed E-state index contributed by atoms with van der Waals surface area (Å²) >= 11 is 1.73. The quantitative estimate of drug-likeness (QED) is 0.494. The maximum absolute atomic E-state index is 13.5. The van der Waals surface area contributed by atoms with E-state index in [9.17, 15) is 14.5 Å². The van der Waals surface area contributed by atoms with Crippen LogP contribution in [0.5, 0.6) is 0 Å². The molecule has 1 N–H and O–H groups in total. The summed E-state index contributed by atoms with van der Waals surface area (Å²) in [6, 6.07) is 6.06. The molecule has 0 fully saturated rings. The lowest BCUT2D eigenvalue weighted by atomic mass is 10.2. The molecular weight excluding hydrogens is 376 g/mol. The highest BCUT2D eigenvalue weighted by Crippen LogP contribution is 2.29. The fourth-order valence-electron chi connectivity index (χ4n) is 1.71. The second kappa shape index (κ2) is 6.12. The number of nitrogens with one attached hydrogen (secondary N) is 1. The minimum absolute atomic E-state index is 0.149. The van der Waals surface area contributed by atoms with Gasteiger partial charge in [-0.15, -0.1) is 0 Å². The minimum atomic E-state index is -0.533. The van der Waals surface area contributed by atoms with Crippen molar-refractivity contribution in [3.05, 3.63) is 61.2 Å². The van der Waals surface area contributed by atoms with Crippen molar-refractivity contribution in [3.8, 4) is 0 Å². The van der Waals surface area contributed by atoms with E-state index >= 15 is 0 Å². The highest BCUT2D eigenvalue weighted by Gasteiger charge is 2.17. The summed E-state index contributed by atoms with van der Waals surface area (Å²) in [5.74, 6) is -0.489. The Bertz CT molecular complexity index is 664. The molecule has 0 aliphatic heterocycles. The molecule has 0 spiro atoms. The molecule has 20 heavy (non-hydrogen) atoms. The van der Waals surface area contributed by atoms with Crippen molar-refractivity contribution in [1.82, 2.24) is 4.98 Å². The number of anilines is 1. The number of halogens is 2. The molecule has 1 aromatic carbocycles. The van der Waals surface area contributed by atoms with Crippen molar-refractivity contribution in [1.29, 1.82) is 0 Å². The molecule has 0 saturated carbocycles. The van der Waals surface area contributed by atoms with Crippen LogP contribution in [-0.4, -0.2) is 9.91 Å². The average molecular weight is 387 g/mol.